The number of rotatable bonds is 10. The Bertz CT molecular complexity index is 1740. The molecule has 16 heteroatoms. The third kappa shape index (κ3) is 7.58. The standard InChI is InChI=1S/C35H41F4N9O3/c1-3-31(49)43-26-19-27(34(50-2)44-33(26)47-12-9-23(10-13-47)46-16-14-45(15-17-46)22-7-8-22)42-29-20-30(41-21-40-29)48-28(11-18-51-48)24-5-4-6-25(32(24)36)35(37,38)39/h3-6,19-23,28H,1,7-18H2,2H3,(H,43,49)(H,40,41,42)/t28-/m1/s1. The van der Waals surface area contributed by atoms with Crippen LogP contribution in [0.3, 0.4) is 0 Å². The number of anilines is 5. The van der Waals surface area contributed by atoms with Crippen LogP contribution in [0.4, 0.5) is 46.4 Å². The van der Waals surface area contributed by atoms with Crippen LogP contribution >= 0.6 is 0 Å². The Morgan fingerprint density at radius 3 is 2.33 bits per heavy atom. The second-order valence-electron chi connectivity index (χ2n) is 13.2. The van der Waals surface area contributed by atoms with Gasteiger partial charge >= 0.3 is 6.18 Å². The van der Waals surface area contributed by atoms with Crippen LogP contribution in [0, 0.1) is 5.82 Å². The smallest absolute Gasteiger partial charge is 0.419 e. The van der Waals surface area contributed by atoms with Gasteiger partial charge in [0.25, 0.3) is 0 Å². The summed E-state index contributed by atoms with van der Waals surface area (Å²) in [5.41, 5.74) is -0.654. The van der Waals surface area contributed by atoms with E-state index in [-0.39, 0.29) is 36.1 Å². The lowest BCUT2D eigenvalue weighted by atomic mass is 10.0. The predicted molar refractivity (Wildman–Crippen MR) is 184 cm³/mol. The van der Waals surface area contributed by atoms with Crippen molar-refractivity contribution in [3.63, 3.8) is 0 Å². The molecule has 5 heterocycles. The molecule has 1 amide bonds. The molecule has 3 saturated heterocycles. The van der Waals surface area contributed by atoms with E-state index in [1.807, 2.05) is 0 Å². The number of alkyl halides is 3. The maximum atomic E-state index is 15.1. The average molecular weight is 712 g/mol. The molecule has 51 heavy (non-hydrogen) atoms. The normalized spacial score (nSPS) is 20.8. The minimum atomic E-state index is -4.84. The first-order valence-electron chi connectivity index (χ1n) is 17.2. The summed E-state index contributed by atoms with van der Waals surface area (Å²) in [5, 5.41) is 7.33. The molecule has 2 aromatic heterocycles. The molecule has 0 radical (unpaired) electrons. The van der Waals surface area contributed by atoms with Gasteiger partial charge in [0.15, 0.2) is 11.6 Å². The highest BCUT2D eigenvalue weighted by atomic mass is 19.4. The van der Waals surface area contributed by atoms with Crippen LogP contribution in [-0.4, -0.2) is 95.7 Å². The molecule has 3 aliphatic heterocycles. The highest BCUT2D eigenvalue weighted by molar-refractivity contribution is 6.01. The summed E-state index contributed by atoms with van der Waals surface area (Å²) in [4.78, 5) is 39.0. The van der Waals surface area contributed by atoms with E-state index in [1.54, 1.807) is 6.07 Å². The molecule has 4 aliphatic rings. The second-order valence-corrected chi connectivity index (χ2v) is 13.2. The lowest BCUT2D eigenvalue weighted by molar-refractivity contribution is -0.140. The number of amides is 1. The van der Waals surface area contributed by atoms with Crippen molar-refractivity contribution in [3.8, 4) is 5.88 Å². The zero-order valence-corrected chi connectivity index (χ0v) is 28.3. The molecular weight excluding hydrogens is 670 g/mol. The Morgan fingerprint density at radius 2 is 1.69 bits per heavy atom. The molecule has 3 aromatic rings. The van der Waals surface area contributed by atoms with Crippen LogP contribution < -0.4 is 25.3 Å². The number of piperidine rings is 1. The number of nitrogens with one attached hydrogen (secondary N) is 2. The van der Waals surface area contributed by atoms with E-state index in [0.29, 0.717) is 29.3 Å². The number of hydrogen-bond donors (Lipinski definition) is 2. The minimum Gasteiger partial charge on any atom is -0.479 e. The predicted octanol–water partition coefficient (Wildman–Crippen LogP) is 5.54. The number of benzene rings is 1. The van der Waals surface area contributed by atoms with Crippen LogP contribution in [0.15, 0.2) is 49.3 Å². The number of hydroxylamine groups is 1. The van der Waals surface area contributed by atoms with Gasteiger partial charge < -0.3 is 20.3 Å². The molecule has 4 fully saturated rings. The SMILES string of the molecule is C=CC(=O)Nc1cc(Nc2cc(N3OCC[C@@H]3c3cccc(C(F)(F)F)c3F)ncn2)c(OC)nc1N1CCC(N2CCN(C3CC3)CC2)CC1. The lowest BCUT2D eigenvalue weighted by Crippen LogP contribution is -2.53. The molecule has 0 unspecified atom stereocenters. The number of pyridine rings is 1. The summed E-state index contributed by atoms with van der Waals surface area (Å²) in [7, 11) is 1.49. The quantitative estimate of drug-likeness (QED) is 0.205. The Morgan fingerprint density at radius 1 is 0.980 bits per heavy atom. The van der Waals surface area contributed by atoms with Gasteiger partial charge in [0.05, 0.1) is 31.0 Å². The van der Waals surface area contributed by atoms with E-state index < -0.39 is 29.5 Å². The third-order valence-corrected chi connectivity index (χ3v) is 10.0. The number of aromatic nitrogens is 3. The first-order valence-corrected chi connectivity index (χ1v) is 17.2. The summed E-state index contributed by atoms with van der Waals surface area (Å²) < 4.78 is 61.2. The maximum Gasteiger partial charge on any atom is 0.419 e. The molecule has 7 rings (SSSR count). The first kappa shape index (κ1) is 34.9. The summed E-state index contributed by atoms with van der Waals surface area (Å²) >= 11 is 0. The lowest BCUT2D eigenvalue weighted by Gasteiger charge is -2.43. The molecule has 0 bridgehead atoms. The van der Waals surface area contributed by atoms with Crippen molar-refractivity contribution in [1.29, 1.82) is 0 Å². The summed E-state index contributed by atoms with van der Waals surface area (Å²) in [6, 6.07) is 6.86. The van der Waals surface area contributed by atoms with Crippen LogP contribution in [0.25, 0.3) is 0 Å². The maximum absolute atomic E-state index is 15.1. The number of nitrogens with zero attached hydrogens (tertiary/aromatic N) is 7. The van der Waals surface area contributed by atoms with E-state index in [4.69, 9.17) is 14.6 Å². The Hall–Kier alpha value is -4.54. The van der Waals surface area contributed by atoms with E-state index in [9.17, 15) is 18.0 Å². The van der Waals surface area contributed by atoms with Crippen molar-refractivity contribution in [3.05, 3.63) is 66.3 Å². The first-order chi connectivity index (χ1) is 24.6. The highest BCUT2D eigenvalue weighted by Gasteiger charge is 2.39. The van der Waals surface area contributed by atoms with Gasteiger partial charge in [-0.1, -0.05) is 18.7 Å². The second kappa shape index (κ2) is 14.6. The highest BCUT2D eigenvalue weighted by Crippen LogP contribution is 2.41. The average Bonchev–Trinajstić information content (AvgIpc) is 3.87. The molecule has 1 atom stereocenters. The summed E-state index contributed by atoms with van der Waals surface area (Å²) in [5.74, 6) is -0.451. The molecular formula is C35H41F4N9O3. The van der Waals surface area contributed by atoms with Gasteiger partial charge in [0.1, 0.15) is 23.6 Å². The van der Waals surface area contributed by atoms with Gasteiger partial charge in [-0.15, -0.1) is 0 Å². The number of methoxy groups -OCH3 is 1. The Labute approximate surface area is 293 Å². The van der Waals surface area contributed by atoms with Crippen LogP contribution in [-0.2, 0) is 15.8 Å². The molecule has 2 N–H and O–H groups in total. The van der Waals surface area contributed by atoms with Crippen molar-refractivity contribution in [2.75, 3.05) is 73.6 Å². The fourth-order valence-electron chi connectivity index (χ4n) is 7.28. The van der Waals surface area contributed by atoms with Gasteiger partial charge in [0, 0.05) is 69.4 Å². The van der Waals surface area contributed by atoms with Gasteiger partial charge in [-0.2, -0.15) is 18.2 Å². The van der Waals surface area contributed by atoms with Crippen molar-refractivity contribution in [2.45, 2.75) is 56.4 Å². The van der Waals surface area contributed by atoms with Gasteiger partial charge in [-0.3, -0.25) is 19.4 Å². The number of hydrogen-bond acceptors (Lipinski definition) is 11. The van der Waals surface area contributed by atoms with E-state index in [0.717, 1.165) is 58.2 Å². The van der Waals surface area contributed by atoms with E-state index in [1.165, 1.54) is 55.6 Å². The van der Waals surface area contributed by atoms with Crippen molar-refractivity contribution >= 4 is 34.7 Å². The Balaban J connectivity index is 1.09. The van der Waals surface area contributed by atoms with Gasteiger partial charge in [0.2, 0.25) is 11.8 Å². The van der Waals surface area contributed by atoms with Crippen molar-refractivity contribution in [2.24, 2.45) is 0 Å². The number of carbonyl (C=O) groups excluding carboxylic acids is 1. The zero-order chi connectivity index (χ0) is 35.7. The summed E-state index contributed by atoms with van der Waals surface area (Å²) in [6.45, 7) is 9.69. The van der Waals surface area contributed by atoms with Crippen LogP contribution in [0.1, 0.15) is 49.3 Å². The van der Waals surface area contributed by atoms with E-state index >= 15 is 4.39 Å². The van der Waals surface area contributed by atoms with Gasteiger partial charge in [-0.25, -0.2) is 19.4 Å². The number of carbonyl (C=O) groups is 1. The molecule has 1 saturated carbocycles. The zero-order valence-electron chi connectivity index (χ0n) is 28.3. The van der Waals surface area contributed by atoms with Crippen LogP contribution in [0.5, 0.6) is 5.88 Å². The number of piperazine rings is 1. The van der Waals surface area contributed by atoms with Gasteiger partial charge in [-0.05, 0) is 43.9 Å². The van der Waals surface area contributed by atoms with Crippen molar-refractivity contribution < 1.29 is 31.9 Å². The number of ether oxygens (including phenoxy) is 1. The van der Waals surface area contributed by atoms with E-state index in [2.05, 4.69) is 41.9 Å². The molecule has 272 valence electrons. The third-order valence-electron chi connectivity index (χ3n) is 10.0. The largest absolute Gasteiger partial charge is 0.479 e. The number of halogens is 4. The molecule has 1 aliphatic carbocycles. The molecule has 0 spiro atoms. The topological polar surface area (TPSA) is 111 Å². The molecule has 12 nitrogen and oxygen atoms in total. The fourth-order valence-corrected chi connectivity index (χ4v) is 7.28. The van der Waals surface area contributed by atoms with Crippen LogP contribution in [0.2, 0.25) is 0 Å². The monoisotopic (exact) mass is 711 g/mol. The summed E-state index contributed by atoms with van der Waals surface area (Å²) in [6.07, 6.45) is 2.43. The minimum absolute atomic E-state index is 0.146. The molecule has 1 aromatic carbocycles. The fraction of sp³-hybridized carbons (Fsp3) is 0.486. The van der Waals surface area contributed by atoms with Crippen molar-refractivity contribution in [1.82, 2.24) is 24.8 Å². The Kier molecular flexibility index (Phi) is 9.99.